The maximum absolute atomic E-state index is 13.4. The van der Waals surface area contributed by atoms with E-state index >= 15 is 0 Å². The summed E-state index contributed by atoms with van der Waals surface area (Å²) in [4.78, 5) is 22.2. The molecule has 1 aromatic heterocycles. The SMILES string of the molecule is C.O=C(Nc1ccc(S(=O)(=O)CCOS(=O)(=O)[O-])cc1)c1ccc(N=Nc2c(SOO[O-])cc3cc(Nc4nc(F)nc(F)n4)ccc3c2O)cc1.[Na+].[Na+]. The van der Waals surface area contributed by atoms with Crippen molar-refractivity contribution in [2.24, 2.45) is 10.2 Å². The van der Waals surface area contributed by atoms with Gasteiger partial charge in [0, 0.05) is 22.3 Å². The van der Waals surface area contributed by atoms with Gasteiger partial charge in [-0.1, -0.05) is 7.43 Å². The fourth-order valence-corrected chi connectivity index (χ4v) is 6.23. The van der Waals surface area contributed by atoms with E-state index in [1.165, 1.54) is 72.8 Å². The summed E-state index contributed by atoms with van der Waals surface area (Å²) in [6.07, 6.45) is -2.67. The van der Waals surface area contributed by atoms with Gasteiger partial charge in [-0.15, -0.1) is 5.11 Å². The predicted octanol–water partition coefficient (Wildman–Crippen LogP) is -1.45. The molecule has 5 rings (SSSR count). The Kier molecular flexibility index (Phi) is 17.9. The number of hydrogen-bond donors (Lipinski definition) is 3. The first-order chi connectivity index (χ1) is 24.2. The van der Waals surface area contributed by atoms with E-state index in [9.17, 15) is 45.3 Å². The molecule has 1 amide bonds. The van der Waals surface area contributed by atoms with E-state index in [0.717, 1.165) is 0 Å². The summed E-state index contributed by atoms with van der Waals surface area (Å²) >= 11 is 0.412. The van der Waals surface area contributed by atoms with E-state index in [-0.39, 0.29) is 116 Å². The number of azo groups is 1. The van der Waals surface area contributed by atoms with Crippen LogP contribution < -0.4 is 75.0 Å². The summed E-state index contributed by atoms with van der Waals surface area (Å²) in [7, 11) is -9.02. The number of carbonyl (C=O) groups is 1. The third kappa shape index (κ3) is 12.9. The Morgan fingerprint density at radius 2 is 1.52 bits per heavy atom. The number of anilines is 3. The third-order valence-electron chi connectivity index (χ3n) is 6.49. The van der Waals surface area contributed by atoms with Crippen LogP contribution in [-0.2, 0) is 33.8 Å². The standard InChI is InChI=1S/C28H21F2N7O11S3.CH4.2Na/c29-26-33-27(30)35-28(34-26)32-19-7-10-21-16(13-19)14-22(49-48-47-40)23(24(21)38)37-36-18-3-1-15(2-4-18)25(39)31-17-5-8-20(9-6-17)50(41,42)12-11-46-51(43,44)45;;;/h1-10,13-14,38,40H,11-12H2,(H,31,39)(H,43,44,45)(H,32,33,34,35);1H4;;/q;;2*+1/p-2. The molecule has 0 spiro atoms. The molecule has 0 aliphatic carbocycles. The summed E-state index contributed by atoms with van der Waals surface area (Å²) in [6.45, 7) is -0.852. The third-order valence-corrected chi connectivity index (χ3v) is 9.25. The number of hydrogen-bond acceptors (Lipinski definition) is 18. The number of rotatable bonds is 14. The first-order valence-electron chi connectivity index (χ1n) is 13.7. The minimum Gasteiger partial charge on any atom is -0.726 e. The molecule has 0 saturated carbocycles. The van der Waals surface area contributed by atoms with E-state index in [1.807, 2.05) is 0 Å². The second-order valence-electron chi connectivity index (χ2n) is 9.82. The maximum Gasteiger partial charge on any atom is 1.00 e. The molecule has 25 heteroatoms. The Morgan fingerprint density at radius 3 is 2.13 bits per heavy atom. The van der Waals surface area contributed by atoms with E-state index < -0.39 is 56.6 Å². The Hall–Kier alpha value is -3.27. The van der Waals surface area contributed by atoms with Crippen LogP contribution >= 0.6 is 12.0 Å². The molecule has 0 atom stereocenters. The van der Waals surface area contributed by atoms with Crippen LogP contribution in [0.3, 0.4) is 0 Å². The van der Waals surface area contributed by atoms with Crippen molar-refractivity contribution in [3.63, 3.8) is 0 Å². The number of benzene rings is 4. The van der Waals surface area contributed by atoms with Gasteiger partial charge in [-0.3, -0.25) is 14.0 Å². The summed E-state index contributed by atoms with van der Waals surface area (Å²) in [6, 6.07) is 16.5. The molecule has 0 fully saturated rings. The van der Waals surface area contributed by atoms with Gasteiger partial charge in [-0.25, -0.2) is 16.8 Å². The van der Waals surface area contributed by atoms with E-state index in [4.69, 9.17) is 0 Å². The van der Waals surface area contributed by atoms with Gasteiger partial charge in [-0.2, -0.15) is 33.2 Å². The van der Waals surface area contributed by atoms with Crippen molar-refractivity contribution in [3.05, 3.63) is 90.5 Å². The number of halogens is 2. The molecule has 0 unspecified atom stereocenters. The molecule has 0 saturated heterocycles. The molecule has 18 nitrogen and oxygen atoms in total. The second-order valence-corrected chi connectivity index (χ2v) is 13.7. The van der Waals surface area contributed by atoms with Crippen molar-refractivity contribution in [3.8, 4) is 5.75 Å². The summed E-state index contributed by atoms with van der Waals surface area (Å²) in [5.74, 6) is -2.12. The van der Waals surface area contributed by atoms with Crippen LogP contribution in [0, 0.1) is 12.2 Å². The summed E-state index contributed by atoms with van der Waals surface area (Å²) in [5.41, 5.74) is 0.801. The van der Waals surface area contributed by atoms with Crippen LogP contribution in [0.4, 0.5) is 37.5 Å². The molecule has 0 aliphatic rings. The van der Waals surface area contributed by atoms with Gasteiger partial charge in [0.15, 0.2) is 15.6 Å². The molecule has 5 aromatic rings. The summed E-state index contributed by atoms with van der Waals surface area (Å²) < 4.78 is 91.3. The minimum absolute atomic E-state index is 0. The molecular formula is C29H23F2N7Na2O11S3. The Morgan fingerprint density at radius 1 is 0.889 bits per heavy atom. The van der Waals surface area contributed by atoms with Crippen LogP contribution in [-0.4, -0.2) is 59.7 Å². The number of aromatic hydroxyl groups is 1. The van der Waals surface area contributed by atoms with Crippen LogP contribution in [0.2, 0.25) is 0 Å². The van der Waals surface area contributed by atoms with Crippen LogP contribution in [0.5, 0.6) is 5.75 Å². The van der Waals surface area contributed by atoms with Crippen molar-refractivity contribution < 1.29 is 118 Å². The molecule has 4 aromatic carbocycles. The largest absolute Gasteiger partial charge is 1.00 e. The molecule has 1 heterocycles. The first-order valence-corrected chi connectivity index (χ1v) is 17.5. The van der Waals surface area contributed by atoms with Gasteiger partial charge in [0.25, 0.3) is 5.91 Å². The number of sulfone groups is 1. The van der Waals surface area contributed by atoms with Gasteiger partial charge in [-0.05, 0) is 78.2 Å². The normalized spacial score (nSPS) is 11.3. The molecule has 0 bridgehead atoms. The van der Waals surface area contributed by atoms with Gasteiger partial charge in [0.2, 0.25) is 16.3 Å². The Labute approximate surface area is 354 Å². The van der Waals surface area contributed by atoms with Crippen LogP contribution in [0.1, 0.15) is 17.8 Å². The number of phenols is 1. The van der Waals surface area contributed by atoms with Crippen LogP contribution in [0.25, 0.3) is 10.8 Å². The number of carbonyl (C=O) groups excluding carboxylic acids is 1. The van der Waals surface area contributed by atoms with E-state index in [2.05, 4.69) is 49.4 Å². The van der Waals surface area contributed by atoms with Crippen molar-refractivity contribution >= 4 is 77.7 Å². The average Bonchev–Trinajstić information content (AvgIpc) is 3.06. The van der Waals surface area contributed by atoms with Gasteiger partial charge in [0.1, 0.15) is 5.69 Å². The maximum atomic E-state index is 13.4. The van der Waals surface area contributed by atoms with Crippen molar-refractivity contribution in [1.29, 1.82) is 0 Å². The first kappa shape index (κ1) is 46.9. The number of phenolic OH excluding ortho intramolecular Hbond substituents is 1. The molecule has 274 valence electrons. The Bertz CT molecular complexity index is 2330. The minimum atomic E-state index is -5.04. The quantitative estimate of drug-likeness (QED) is 0.0220. The fourth-order valence-electron chi connectivity index (χ4n) is 4.25. The molecule has 0 aliphatic heterocycles. The predicted molar refractivity (Wildman–Crippen MR) is 176 cm³/mol. The van der Waals surface area contributed by atoms with E-state index in [0.29, 0.717) is 17.4 Å². The molecule has 3 N–H and O–H groups in total. The zero-order valence-corrected chi connectivity index (χ0v) is 33.5. The number of fused-ring (bicyclic) bond motifs is 1. The van der Waals surface area contributed by atoms with Crippen LogP contribution in [0.15, 0.2) is 92.8 Å². The Balaban J connectivity index is 0.00000336. The van der Waals surface area contributed by atoms with Gasteiger partial charge >= 0.3 is 71.3 Å². The van der Waals surface area contributed by atoms with Crippen molar-refractivity contribution in [2.75, 3.05) is 23.0 Å². The number of nitrogens with one attached hydrogen (secondary N) is 2. The number of aromatic nitrogens is 3. The van der Waals surface area contributed by atoms with Crippen molar-refractivity contribution in [1.82, 2.24) is 15.0 Å². The van der Waals surface area contributed by atoms with Gasteiger partial charge < -0.3 is 25.6 Å². The van der Waals surface area contributed by atoms with Crippen molar-refractivity contribution in [2.45, 2.75) is 17.2 Å². The van der Waals surface area contributed by atoms with Gasteiger partial charge in [0.05, 0.1) is 39.9 Å². The fraction of sp³-hybridized carbons (Fsp3) is 0.103. The smallest absolute Gasteiger partial charge is 0.726 e. The molecule has 0 radical (unpaired) electrons. The zero-order chi connectivity index (χ0) is 36.8. The van der Waals surface area contributed by atoms with E-state index in [1.54, 1.807) is 0 Å². The average molecular weight is 826 g/mol. The second kappa shape index (κ2) is 20.6. The molecule has 54 heavy (non-hydrogen) atoms. The monoisotopic (exact) mass is 825 g/mol. The number of nitrogens with zero attached hydrogens (tertiary/aromatic N) is 5. The topological polar surface area (TPSA) is 267 Å². The molecular weight excluding hydrogens is 803 g/mol. The zero-order valence-electron chi connectivity index (χ0n) is 27.1. The summed E-state index contributed by atoms with van der Waals surface area (Å²) in [5, 5.41) is 39.0. The number of amides is 1.